The van der Waals surface area contributed by atoms with Crippen LogP contribution in [0.1, 0.15) is 0 Å². The van der Waals surface area contributed by atoms with Crippen LogP contribution in [-0.2, 0) is 4.74 Å². The van der Waals surface area contributed by atoms with E-state index in [2.05, 4.69) is 67.3 Å². The Hall–Kier alpha value is -3.90. The fourth-order valence-electron chi connectivity index (χ4n) is 4.36. The van der Waals surface area contributed by atoms with Crippen LogP contribution in [0.4, 0.5) is 5.82 Å². The summed E-state index contributed by atoms with van der Waals surface area (Å²) >= 11 is 0. The molecular formula is C26H21N5O. The van der Waals surface area contributed by atoms with Crippen LogP contribution in [-0.4, -0.2) is 46.2 Å². The summed E-state index contributed by atoms with van der Waals surface area (Å²) < 4.78 is 5.52. The van der Waals surface area contributed by atoms with Crippen LogP contribution >= 0.6 is 0 Å². The smallest absolute Gasteiger partial charge is 0.140 e. The Morgan fingerprint density at radius 3 is 2.16 bits per heavy atom. The van der Waals surface area contributed by atoms with Gasteiger partial charge in [0, 0.05) is 42.5 Å². The zero-order valence-electron chi connectivity index (χ0n) is 17.5. The van der Waals surface area contributed by atoms with Crippen molar-refractivity contribution in [3.8, 4) is 22.3 Å². The van der Waals surface area contributed by atoms with Gasteiger partial charge in [-0.3, -0.25) is 9.97 Å². The number of pyridine rings is 2. The highest BCUT2D eigenvalue weighted by molar-refractivity contribution is 5.98. The lowest BCUT2D eigenvalue weighted by Gasteiger charge is -2.28. The third-order valence-corrected chi connectivity index (χ3v) is 5.99. The molecule has 2 aromatic carbocycles. The monoisotopic (exact) mass is 419 g/mol. The molecule has 0 bridgehead atoms. The molecule has 0 radical (unpaired) electrons. The van der Waals surface area contributed by atoms with Crippen molar-refractivity contribution in [1.82, 2.24) is 19.9 Å². The number of fused-ring (bicyclic) bond motifs is 2. The zero-order chi connectivity index (χ0) is 21.3. The first-order chi connectivity index (χ1) is 15.9. The van der Waals surface area contributed by atoms with E-state index in [-0.39, 0.29) is 0 Å². The Kier molecular flexibility index (Phi) is 4.70. The molecule has 1 aliphatic rings. The number of rotatable bonds is 3. The third-order valence-electron chi connectivity index (χ3n) is 5.99. The molecule has 0 N–H and O–H groups in total. The number of aromatic nitrogens is 4. The van der Waals surface area contributed by atoms with E-state index in [1.807, 2.05) is 30.7 Å². The van der Waals surface area contributed by atoms with Gasteiger partial charge in [0.15, 0.2) is 0 Å². The number of benzene rings is 2. The Bertz CT molecular complexity index is 1410. The van der Waals surface area contributed by atoms with E-state index in [1.54, 1.807) is 6.33 Å². The average molecular weight is 419 g/mol. The highest BCUT2D eigenvalue weighted by Crippen LogP contribution is 2.33. The maximum atomic E-state index is 5.52. The van der Waals surface area contributed by atoms with Crippen molar-refractivity contribution in [2.24, 2.45) is 0 Å². The molecule has 32 heavy (non-hydrogen) atoms. The Morgan fingerprint density at radius 2 is 1.38 bits per heavy atom. The summed E-state index contributed by atoms with van der Waals surface area (Å²) in [5.41, 5.74) is 6.47. The van der Waals surface area contributed by atoms with Gasteiger partial charge in [-0.1, -0.05) is 12.1 Å². The van der Waals surface area contributed by atoms with Crippen LogP contribution in [0.5, 0.6) is 0 Å². The van der Waals surface area contributed by atoms with Gasteiger partial charge in [0.2, 0.25) is 0 Å². The highest BCUT2D eigenvalue weighted by Gasteiger charge is 2.16. The molecule has 0 atom stereocenters. The summed E-state index contributed by atoms with van der Waals surface area (Å²) in [6.45, 7) is 3.13. The number of ether oxygens (including phenoxy) is 1. The Balaban J connectivity index is 1.49. The van der Waals surface area contributed by atoms with Gasteiger partial charge in [-0.25, -0.2) is 9.97 Å². The quantitative estimate of drug-likeness (QED) is 0.421. The van der Waals surface area contributed by atoms with Gasteiger partial charge in [-0.05, 0) is 64.7 Å². The lowest BCUT2D eigenvalue weighted by molar-refractivity contribution is 0.122. The van der Waals surface area contributed by atoms with Crippen molar-refractivity contribution in [2.75, 3.05) is 31.2 Å². The molecule has 0 spiro atoms. The fourth-order valence-corrected chi connectivity index (χ4v) is 4.36. The van der Waals surface area contributed by atoms with Gasteiger partial charge in [0.1, 0.15) is 12.1 Å². The van der Waals surface area contributed by atoms with Gasteiger partial charge in [-0.2, -0.15) is 0 Å². The van der Waals surface area contributed by atoms with E-state index < -0.39 is 0 Å². The van der Waals surface area contributed by atoms with Gasteiger partial charge >= 0.3 is 0 Å². The molecule has 6 rings (SSSR count). The molecular weight excluding hydrogens is 398 g/mol. The topological polar surface area (TPSA) is 64.0 Å². The molecule has 0 amide bonds. The first-order valence-electron chi connectivity index (χ1n) is 10.7. The predicted molar refractivity (Wildman–Crippen MR) is 127 cm³/mol. The largest absolute Gasteiger partial charge is 0.378 e. The molecule has 1 fully saturated rings. The molecule has 0 aliphatic carbocycles. The van der Waals surface area contributed by atoms with Crippen LogP contribution in [0.25, 0.3) is 44.1 Å². The molecule has 4 heterocycles. The van der Waals surface area contributed by atoms with Crippen LogP contribution in [0, 0.1) is 0 Å². The van der Waals surface area contributed by atoms with E-state index in [0.717, 1.165) is 76.2 Å². The lowest BCUT2D eigenvalue weighted by atomic mass is 9.97. The minimum absolute atomic E-state index is 0.723. The zero-order valence-corrected chi connectivity index (χ0v) is 17.5. The first-order valence-corrected chi connectivity index (χ1v) is 10.7. The summed E-state index contributed by atoms with van der Waals surface area (Å²) in [6, 6.07) is 19.0. The van der Waals surface area contributed by atoms with Crippen molar-refractivity contribution in [1.29, 1.82) is 0 Å². The van der Waals surface area contributed by atoms with E-state index in [0.29, 0.717) is 0 Å². The molecule has 0 saturated carbocycles. The summed E-state index contributed by atoms with van der Waals surface area (Å²) in [5.74, 6) is 0.972. The van der Waals surface area contributed by atoms with Gasteiger partial charge in [0.05, 0.1) is 24.2 Å². The maximum Gasteiger partial charge on any atom is 0.140 e. The number of morpholine rings is 1. The van der Waals surface area contributed by atoms with Gasteiger partial charge in [-0.15, -0.1) is 0 Å². The second-order valence-electron chi connectivity index (χ2n) is 7.85. The van der Waals surface area contributed by atoms with Crippen molar-refractivity contribution < 1.29 is 4.74 Å². The molecule has 1 aliphatic heterocycles. The van der Waals surface area contributed by atoms with E-state index in [1.165, 1.54) is 0 Å². The van der Waals surface area contributed by atoms with Crippen molar-refractivity contribution in [3.05, 3.63) is 79.5 Å². The van der Waals surface area contributed by atoms with E-state index in [4.69, 9.17) is 4.74 Å². The minimum atomic E-state index is 0.723. The number of hydrogen-bond acceptors (Lipinski definition) is 6. The SMILES string of the molecule is c1cc(-c2ccnc3ccc(-c4ccc5ncnc(N6CCOCC6)c5c4)cc23)ccn1. The summed E-state index contributed by atoms with van der Waals surface area (Å²) in [7, 11) is 0. The standard InChI is InChI=1S/C26H21N5O/c1-3-24-22(21(7-10-28-24)18-5-8-27-9-6-18)15-19(1)20-2-4-25-23(16-20)26(30-17-29-25)31-11-13-32-14-12-31/h1-10,15-17H,11-14H2. The minimum Gasteiger partial charge on any atom is -0.378 e. The van der Waals surface area contributed by atoms with Gasteiger partial charge < -0.3 is 9.64 Å². The Labute approximate surface area is 185 Å². The number of nitrogens with zero attached hydrogens (tertiary/aromatic N) is 5. The first kappa shape index (κ1) is 18.8. The maximum absolute atomic E-state index is 5.52. The van der Waals surface area contributed by atoms with Gasteiger partial charge in [0.25, 0.3) is 0 Å². The summed E-state index contributed by atoms with van der Waals surface area (Å²) in [5, 5.41) is 2.18. The average Bonchev–Trinajstić information content (AvgIpc) is 2.88. The molecule has 0 unspecified atom stereocenters. The van der Waals surface area contributed by atoms with E-state index >= 15 is 0 Å². The number of hydrogen-bond donors (Lipinski definition) is 0. The lowest BCUT2D eigenvalue weighted by Crippen LogP contribution is -2.36. The van der Waals surface area contributed by atoms with Crippen molar-refractivity contribution >= 4 is 27.6 Å². The molecule has 3 aromatic heterocycles. The van der Waals surface area contributed by atoms with E-state index in [9.17, 15) is 0 Å². The van der Waals surface area contributed by atoms with Crippen LogP contribution in [0.2, 0.25) is 0 Å². The van der Waals surface area contributed by atoms with Crippen LogP contribution in [0.15, 0.2) is 79.5 Å². The predicted octanol–water partition coefficient (Wildman–Crippen LogP) is 4.74. The van der Waals surface area contributed by atoms with Crippen molar-refractivity contribution in [2.45, 2.75) is 0 Å². The summed E-state index contributed by atoms with van der Waals surface area (Å²) in [4.78, 5) is 20.1. The fraction of sp³-hybridized carbons (Fsp3) is 0.154. The third kappa shape index (κ3) is 3.35. The van der Waals surface area contributed by atoms with Crippen molar-refractivity contribution in [3.63, 3.8) is 0 Å². The van der Waals surface area contributed by atoms with Crippen LogP contribution < -0.4 is 4.90 Å². The number of anilines is 1. The Morgan fingerprint density at radius 1 is 0.656 bits per heavy atom. The molecule has 6 nitrogen and oxygen atoms in total. The second kappa shape index (κ2) is 7.98. The molecule has 5 aromatic rings. The molecule has 156 valence electrons. The second-order valence-corrected chi connectivity index (χ2v) is 7.85. The molecule has 1 saturated heterocycles. The molecule has 6 heteroatoms. The summed E-state index contributed by atoms with van der Waals surface area (Å²) in [6.07, 6.45) is 7.15. The van der Waals surface area contributed by atoms with Crippen LogP contribution in [0.3, 0.4) is 0 Å². The highest BCUT2D eigenvalue weighted by atomic mass is 16.5. The normalized spacial score (nSPS) is 14.2.